The highest BCUT2D eigenvalue weighted by molar-refractivity contribution is 7.09. The second kappa shape index (κ2) is 8.77. The van der Waals surface area contributed by atoms with Crippen molar-refractivity contribution in [3.05, 3.63) is 39.8 Å². The van der Waals surface area contributed by atoms with Crippen LogP contribution in [0.4, 0.5) is 0 Å². The van der Waals surface area contributed by atoms with E-state index in [0.717, 1.165) is 30.1 Å². The fourth-order valence-electron chi connectivity index (χ4n) is 3.15. The number of nitrogens with one attached hydrogen (secondary N) is 1. The van der Waals surface area contributed by atoms with Crippen molar-refractivity contribution in [2.24, 2.45) is 0 Å². The van der Waals surface area contributed by atoms with E-state index in [1.165, 1.54) is 0 Å². The molecule has 1 aliphatic heterocycles. The lowest BCUT2D eigenvalue weighted by molar-refractivity contribution is -0.122. The molecule has 26 heavy (non-hydrogen) atoms. The molecule has 0 saturated carbocycles. The smallest absolute Gasteiger partial charge is 0.234 e. The first-order valence-electron chi connectivity index (χ1n) is 8.92. The molecule has 0 aliphatic carbocycles. The van der Waals surface area contributed by atoms with Gasteiger partial charge in [-0.25, -0.2) is 0 Å². The third-order valence-electron chi connectivity index (χ3n) is 4.40. The Kier molecular flexibility index (Phi) is 6.42. The van der Waals surface area contributed by atoms with E-state index < -0.39 is 6.10 Å². The predicted octanol–water partition coefficient (Wildman–Crippen LogP) is 1.06. The normalized spacial score (nSPS) is 16.3. The Morgan fingerprint density at radius 1 is 1.46 bits per heavy atom. The fourth-order valence-corrected chi connectivity index (χ4v) is 3.79. The number of carbonyl (C=O) groups is 1. The maximum Gasteiger partial charge on any atom is 0.234 e. The highest BCUT2D eigenvalue weighted by Crippen LogP contribution is 2.18. The zero-order valence-corrected chi connectivity index (χ0v) is 16.2. The summed E-state index contributed by atoms with van der Waals surface area (Å²) in [6.07, 6.45) is 0.350. The zero-order valence-electron chi connectivity index (χ0n) is 15.4. The van der Waals surface area contributed by atoms with Crippen LogP contribution in [0.25, 0.3) is 0 Å². The number of fused-ring (bicyclic) bond motifs is 1. The quantitative estimate of drug-likeness (QED) is 0.755. The third-order valence-corrected chi connectivity index (χ3v) is 5.28. The summed E-state index contributed by atoms with van der Waals surface area (Å²) >= 11 is 1.65. The van der Waals surface area contributed by atoms with Crippen molar-refractivity contribution in [1.29, 1.82) is 0 Å². The SMILES string of the molecule is CN(C)CC(O)c1cc2n(n1)CCCN(CC(=O)NCc1cccs1)C2. The second-order valence-electron chi connectivity index (χ2n) is 6.98. The summed E-state index contributed by atoms with van der Waals surface area (Å²) in [5.41, 5.74) is 1.76. The number of hydrogen-bond donors (Lipinski definition) is 2. The number of hydrogen-bond acceptors (Lipinski definition) is 6. The van der Waals surface area contributed by atoms with Crippen LogP contribution in [0, 0.1) is 0 Å². The largest absolute Gasteiger partial charge is 0.385 e. The van der Waals surface area contributed by atoms with Gasteiger partial charge in [0, 0.05) is 31.1 Å². The second-order valence-corrected chi connectivity index (χ2v) is 8.01. The van der Waals surface area contributed by atoms with Gasteiger partial charge in [-0.15, -0.1) is 11.3 Å². The Balaban J connectivity index is 1.56. The van der Waals surface area contributed by atoms with Crippen LogP contribution in [0.2, 0.25) is 0 Å². The van der Waals surface area contributed by atoms with Gasteiger partial charge in [-0.2, -0.15) is 5.10 Å². The van der Waals surface area contributed by atoms with Gasteiger partial charge in [-0.3, -0.25) is 14.4 Å². The van der Waals surface area contributed by atoms with E-state index in [1.54, 1.807) is 11.3 Å². The first-order valence-corrected chi connectivity index (χ1v) is 9.80. The van der Waals surface area contributed by atoms with E-state index in [0.29, 0.717) is 31.9 Å². The highest BCUT2D eigenvalue weighted by atomic mass is 32.1. The predicted molar refractivity (Wildman–Crippen MR) is 102 cm³/mol. The third kappa shape index (κ3) is 5.14. The van der Waals surface area contributed by atoms with Crippen LogP contribution >= 0.6 is 11.3 Å². The molecule has 7 nitrogen and oxygen atoms in total. The van der Waals surface area contributed by atoms with Crippen molar-refractivity contribution in [2.45, 2.75) is 32.2 Å². The molecule has 142 valence electrons. The molecule has 1 unspecified atom stereocenters. The van der Waals surface area contributed by atoms with Crippen molar-refractivity contribution in [1.82, 2.24) is 24.9 Å². The summed E-state index contributed by atoms with van der Waals surface area (Å²) in [6.45, 7) is 3.87. The highest BCUT2D eigenvalue weighted by Gasteiger charge is 2.21. The Morgan fingerprint density at radius 3 is 3.04 bits per heavy atom. The summed E-state index contributed by atoms with van der Waals surface area (Å²) in [4.78, 5) is 17.5. The van der Waals surface area contributed by atoms with Crippen LogP contribution in [-0.2, 0) is 24.4 Å². The van der Waals surface area contributed by atoms with Gasteiger partial charge >= 0.3 is 0 Å². The maximum atomic E-state index is 12.2. The van der Waals surface area contributed by atoms with Gasteiger partial charge < -0.3 is 15.3 Å². The zero-order chi connectivity index (χ0) is 18.5. The van der Waals surface area contributed by atoms with E-state index >= 15 is 0 Å². The first kappa shape index (κ1) is 19.0. The molecule has 0 saturated heterocycles. The van der Waals surface area contributed by atoms with Crippen molar-refractivity contribution < 1.29 is 9.90 Å². The number of aromatic nitrogens is 2. The van der Waals surface area contributed by atoms with Crippen LogP contribution in [0.5, 0.6) is 0 Å². The van der Waals surface area contributed by atoms with Gasteiger partial charge in [0.1, 0.15) is 6.10 Å². The number of rotatable bonds is 7. The molecular formula is C18H27N5O2S. The first-order chi connectivity index (χ1) is 12.5. The lowest BCUT2D eigenvalue weighted by atomic mass is 10.2. The van der Waals surface area contributed by atoms with Gasteiger partial charge in [0.2, 0.25) is 5.91 Å². The number of amides is 1. The van der Waals surface area contributed by atoms with Crippen LogP contribution < -0.4 is 5.32 Å². The Bertz CT molecular complexity index is 713. The van der Waals surface area contributed by atoms with E-state index in [9.17, 15) is 9.90 Å². The number of likely N-dealkylation sites (N-methyl/N-ethyl adjacent to an activating group) is 1. The lowest BCUT2D eigenvalue weighted by Gasteiger charge is -2.18. The standard InChI is InChI=1S/C18H27N5O2S/c1-21(2)12-17(24)16-9-14-11-22(6-4-7-23(14)20-16)13-18(25)19-10-15-5-3-8-26-15/h3,5,8-9,17,24H,4,6-7,10-13H2,1-2H3,(H,19,25). The molecule has 1 amide bonds. The van der Waals surface area contributed by atoms with Gasteiger partial charge in [-0.05, 0) is 38.0 Å². The van der Waals surface area contributed by atoms with Crippen molar-refractivity contribution in [2.75, 3.05) is 33.7 Å². The van der Waals surface area contributed by atoms with Gasteiger partial charge in [0.05, 0.1) is 24.5 Å². The molecule has 3 rings (SSSR count). The Morgan fingerprint density at radius 2 is 2.31 bits per heavy atom. The number of carbonyl (C=O) groups excluding carboxylic acids is 1. The number of aryl methyl sites for hydroxylation is 1. The average Bonchev–Trinajstić information content (AvgIpc) is 3.19. The molecule has 0 bridgehead atoms. The Labute approximate surface area is 158 Å². The fraction of sp³-hybridized carbons (Fsp3) is 0.556. The van der Waals surface area contributed by atoms with Crippen LogP contribution in [-0.4, -0.2) is 64.3 Å². The van der Waals surface area contributed by atoms with Gasteiger partial charge in [0.15, 0.2) is 0 Å². The number of aliphatic hydroxyl groups is 1. The molecule has 3 heterocycles. The van der Waals surface area contributed by atoms with Crippen LogP contribution in [0.1, 0.15) is 28.8 Å². The number of aliphatic hydroxyl groups excluding tert-OH is 1. The van der Waals surface area contributed by atoms with Crippen molar-refractivity contribution in [3.63, 3.8) is 0 Å². The number of thiophene rings is 1. The summed E-state index contributed by atoms with van der Waals surface area (Å²) in [5, 5.41) is 19.8. The molecule has 1 atom stereocenters. The van der Waals surface area contributed by atoms with E-state index in [4.69, 9.17) is 0 Å². The maximum absolute atomic E-state index is 12.2. The number of nitrogens with zero attached hydrogens (tertiary/aromatic N) is 4. The van der Waals surface area contributed by atoms with Crippen molar-refractivity contribution >= 4 is 17.2 Å². The molecule has 2 N–H and O–H groups in total. The average molecular weight is 378 g/mol. The molecule has 0 aromatic carbocycles. The topological polar surface area (TPSA) is 73.6 Å². The monoisotopic (exact) mass is 377 g/mol. The Hall–Kier alpha value is -1.74. The molecule has 2 aromatic rings. The minimum atomic E-state index is -0.591. The molecule has 0 fully saturated rings. The van der Waals surface area contributed by atoms with Crippen LogP contribution in [0.3, 0.4) is 0 Å². The minimum Gasteiger partial charge on any atom is -0.385 e. The summed E-state index contributed by atoms with van der Waals surface area (Å²) in [6, 6.07) is 5.98. The molecular weight excluding hydrogens is 350 g/mol. The minimum absolute atomic E-state index is 0.0410. The molecule has 1 aliphatic rings. The summed E-state index contributed by atoms with van der Waals surface area (Å²) in [5.74, 6) is 0.0410. The van der Waals surface area contributed by atoms with E-state index in [-0.39, 0.29) is 5.91 Å². The van der Waals surface area contributed by atoms with E-state index in [1.807, 2.05) is 47.3 Å². The van der Waals surface area contributed by atoms with Gasteiger partial charge in [-0.1, -0.05) is 6.07 Å². The van der Waals surface area contributed by atoms with Crippen LogP contribution in [0.15, 0.2) is 23.6 Å². The summed E-state index contributed by atoms with van der Waals surface area (Å²) < 4.78 is 1.97. The summed E-state index contributed by atoms with van der Waals surface area (Å²) in [7, 11) is 3.86. The molecule has 2 aromatic heterocycles. The van der Waals surface area contributed by atoms with Crippen molar-refractivity contribution in [3.8, 4) is 0 Å². The van der Waals surface area contributed by atoms with E-state index in [2.05, 4.69) is 15.3 Å². The molecule has 8 heteroatoms. The lowest BCUT2D eigenvalue weighted by Crippen LogP contribution is -2.36. The molecule has 0 radical (unpaired) electrons. The molecule has 0 spiro atoms. The van der Waals surface area contributed by atoms with Gasteiger partial charge in [0.25, 0.3) is 0 Å².